The summed E-state index contributed by atoms with van der Waals surface area (Å²) in [5.74, 6) is 4.11. The normalized spacial score (nSPS) is 38.1. The third-order valence-electron chi connectivity index (χ3n) is 5.11. The summed E-state index contributed by atoms with van der Waals surface area (Å²) in [7, 11) is 0. The van der Waals surface area contributed by atoms with Gasteiger partial charge in [-0.2, -0.15) is 0 Å². The fraction of sp³-hybridized carbons (Fsp3) is 1.00. The second-order valence-electron chi connectivity index (χ2n) is 7.41. The highest BCUT2D eigenvalue weighted by molar-refractivity contribution is 4.93. The molecular formula is C16H31N. The van der Waals surface area contributed by atoms with Gasteiger partial charge in [0.05, 0.1) is 0 Å². The number of rotatable bonds is 3. The van der Waals surface area contributed by atoms with Crippen LogP contribution in [-0.2, 0) is 0 Å². The van der Waals surface area contributed by atoms with E-state index in [0.717, 1.165) is 23.7 Å². The van der Waals surface area contributed by atoms with Crippen LogP contribution in [0.5, 0.6) is 0 Å². The van der Waals surface area contributed by atoms with Gasteiger partial charge in [0.25, 0.3) is 0 Å². The van der Waals surface area contributed by atoms with Gasteiger partial charge in [0.2, 0.25) is 0 Å². The summed E-state index contributed by atoms with van der Waals surface area (Å²) in [6.07, 6.45) is 8.93. The molecule has 0 spiro atoms. The van der Waals surface area contributed by atoms with E-state index in [0.29, 0.717) is 0 Å². The Morgan fingerprint density at radius 1 is 1.00 bits per heavy atom. The van der Waals surface area contributed by atoms with E-state index in [1.807, 2.05) is 0 Å². The first kappa shape index (κ1) is 13.4. The first-order valence-corrected chi connectivity index (χ1v) is 7.76. The first-order chi connectivity index (χ1) is 8.01. The van der Waals surface area contributed by atoms with Gasteiger partial charge >= 0.3 is 0 Å². The lowest BCUT2D eigenvalue weighted by molar-refractivity contribution is 0.193. The van der Waals surface area contributed by atoms with Crippen LogP contribution in [0, 0.1) is 23.7 Å². The Hall–Kier alpha value is -0.0400. The molecule has 4 atom stereocenters. The summed E-state index contributed by atoms with van der Waals surface area (Å²) < 4.78 is 0. The Balaban J connectivity index is 1.93. The predicted octanol–water partition coefficient (Wildman–Crippen LogP) is 4.23. The maximum absolute atomic E-state index is 3.74. The molecule has 2 aliphatic rings. The van der Waals surface area contributed by atoms with Crippen LogP contribution < -0.4 is 5.32 Å². The Bertz CT molecular complexity index is 240. The van der Waals surface area contributed by atoms with Crippen molar-refractivity contribution in [2.24, 2.45) is 23.7 Å². The Kier molecular flexibility index (Phi) is 4.18. The summed E-state index contributed by atoms with van der Waals surface area (Å²) in [6.45, 7) is 10.5. The van der Waals surface area contributed by atoms with E-state index >= 15 is 0 Å². The van der Waals surface area contributed by atoms with E-state index in [2.05, 4.69) is 33.0 Å². The van der Waals surface area contributed by atoms with E-state index in [1.54, 1.807) is 0 Å². The first-order valence-electron chi connectivity index (χ1n) is 7.76. The van der Waals surface area contributed by atoms with Crippen LogP contribution in [0.15, 0.2) is 0 Å². The molecular weight excluding hydrogens is 206 g/mol. The summed E-state index contributed by atoms with van der Waals surface area (Å²) in [4.78, 5) is 0. The second kappa shape index (κ2) is 5.30. The highest BCUT2D eigenvalue weighted by atomic mass is 14.9. The number of fused-ring (bicyclic) bond motifs is 1. The van der Waals surface area contributed by atoms with Crippen molar-refractivity contribution in [2.45, 2.75) is 71.8 Å². The summed E-state index contributed by atoms with van der Waals surface area (Å²) in [5.41, 5.74) is 0.286. The molecule has 2 saturated carbocycles. The van der Waals surface area contributed by atoms with Crippen LogP contribution >= 0.6 is 0 Å². The third-order valence-corrected chi connectivity index (χ3v) is 5.11. The Morgan fingerprint density at radius 2 is 1.59 bits per heavy atom. The standard InChI is InChI=1S/C16H31N/c1-5-12-10-13(11-17-16(2,3)4)15-9-7-6-8-14(12)15/h12-15,17H,5-11H2,1-4H3. The van der Waals surface area contributed by atoms with E-state index in [-0.39, 0.29) is 5.54 Å². The summed E-state index contributed by atoms with van der Waals surface area (Å²) >= 11 is 0. The van der Waals surface area contributed by atoms with Crippen molar-refractivity contribution in [3.8, 4) is 0 Å². The minimum Gasteiger partial charge on any atom is -0.312 e. The Labute approximate surface area is 108 Å². The lowest BCUT2D eigenvalue weighted by atomic mass is 9.75. The maximum atomic E-state index is 3.74. The molecule has 0 aliphatic heterocycles. The lowest BCUT2D eigenvalue weighted by Gasteiger charge is -2.32. The van der Waals surface area contributed by atoms with Gasteiger partial charge < -0.3 is 5.32 Å². The summed E-state index contributed by atoms with van der Waals surface area (Å²) in [5, 5.41) is 3.74. The molecule has 1 nitrogen and oxygen atoms in total. The van der Waals surface area contributed by atoms with Gasteiger partial charge in [-0.1, -0.05) is 26.2 Å². The molecule has 100 valence electrons. The van der Waals surface area contributed by atoms with Crippen LogP contribution in [0.4, 0.5) is 0 Å². The van der Waals surface area contributed by atoms with Crippen LogP contribution in [0.2, 0.25) is 0 Å². The van der Waals surface area contributed by atoms with Crippen molar-refractivity contribution in [2.75, 3.05) is 6.54 Å². The number of hydrogen-bond donors (Lipinski definition) is 1. The lowest BCUT2D eigenvalue weighted by Crippen LogP contribution is -2.40. The SMILES string of the molecule is CCC1CC(CNC(C)(C)C)C2CCCCC12. The van der Waals surface area contributed by atoms with Crippen molar-refractivity contribution in [3.63, 3.8) is 0 Å². The molecule has 2 aliphatic carbocycles. The molecule has 0 aromatic carbocycles. The molecule has 4 unspecified atom stereocenters. The number of hydrogen-bond acceptors (Lipinski definition) is 1. The maximum Gasteiger partial charge on any atom is 0.00966 e. The molecule has 1 N–H and O–H groups in total. The van der Waals surface area contributed by atoms with Gasteiger partial charge in [-0.05, 0) is 70.3 Å². The molecule has 0 heterocycles. The molecule has 0 bridgehead atoms. The van der Waals surface area contributed by atoms with Gasteiger partial charge in [0.1, 0.15) is 0 Å². The smallest absolute Gasteiger partial charge is 0.00966 e. The van der Waals surface area contributed by atoms with Gasteiger partial charge in [-0.25, -0.2) is 0 Å². The minimum atomic E-state index is 0.286. The van der Waals surface area contributed by atoms with Crippen LogP contribution in [0.1, 0.15) is 66.2 Å². The third kappa shape index (κ3) is 3.24. The van der Waals surface area contributed by atoms with Crippen LogP contribution in [-0.4, -0.2) is 12.1 Å². The topological polar surface area (TPSA) is 12.0 Å². The van der Waals surface area contributed by atoms with E-state index in [9.17, 15) is 0 Å². The Morgan fingerprint density at radius 3 is 2.12 bits per heavy atom. The second-order valence-corrected chi connectivity index (χ2v) is 7.41. The predicted molar refractivity (Wildman–Crippen MR) is 75.1 cm³/mol. The highest BCUT2D eigenvalue weighted by Crippen LogP contribution is 2.50. The fourth-order valence-electron chi connectivity index (χ4n) is 4.24. The summed E-state index contributed by atoms with van der Waals surface area (Å²) in [6, 6.07) is 0. The van der Waals surface area contributed by atoms with Crippen LogP contribution in [0.25, 0.3) is 0 Å². The molecule has 0 aromatic heterocycles. The van der Waals surface area contributed by atoms with Crippen LogP contribution in [0.3, 0.4) is 0 Å². The fourth-order valence-corrected chi connectivity index (χ4v) is 4.24. The van der Waals surface area contributed by atoms with Crippen molar-refractivity contribution >= 4 is 0 Å². The van der Waals surface area contributed by atoms with Crippen molar-refractivity contribution < 1.29 is 0 Å². The van der Waals surface area contributed by atoms with E-state index in [4.69, 9.17) is 0 Å². The van der Waals surface area contributed by atoms with Crippen molar-refractivity contribution in [1.29, 1.82) is 0 Å². The molecule has 0 saturated heterocycles. The molecule has 1 heteroatoms. The van der Waals surface area contributed by atoms with Crippen molar-refractivity contribution in [1.82, 2.24) is 5.32 Å². The van der Waals surface area contributed by atoms with Gasteiger partial charge in [0.15, 0.2) is 0 Å². The average Bonchev–Trinajstić information content (AvgIpc) is 2.64. The monoisotopic (exact) mass is 237 g/mol. The molecule has 0 amide bonds. The number of nitrogens with one attached hydrogen (secondary N) is 1. The zero-order valence-electron chi connectivity index (χ0n) is 12.3. The molecule has 0 radical (unpaired) electrons. The van der Waals surface area contributed by atoms with Gasteiger partial charge in [0, 0.05) is 5.54 Å². The molecule has 2 fully saturated rings. The van der Waals surface area contributed by atoms with E-state index in [1.165, 1.54) is 45.1 Å². The van der Waals surface area contributed by atoms with E-state index < -0.39 is 0 Å². The largest absolute Gasteiger partial charge is 0.312 e. The molecule has 17 heavy (non-hydrogen) atoms. The zero-order chi connectivity index (χ0) is 12.5. The zero-order valence-corrected chi connectivity index (χ0v) is 12.3. The van der Waals surface area contributed by atoms with Gasteiger partial charge in [-0.3, -0.25) is 0 Å². The highest BCUT2D eigenvalue weighted by Gasteiger charge is 2.42. The molecule has 2 rings (SSSR count). The van der Waals surface area contributed by atoms with Gasteiger partial charge in [-0.15, -0.1) is 0 Å². The quantitative estimate of drug-likeness (QED) is 0.774. The average molecular weight is 237 g/mol. The van der Waals surface area contributed by atoms with Crippen molar-refractivity contribution in [3.05, 3.63) is 0 Å². The molecule has 0 aromatic rings. The minimum absolute atomic E-state index is 0.286.